The average molecular weight is 237 g/mol. The number of nitriles is 1. The fraction of sp³-hybridized carbons (Fsp3) is 0.462. The molecule has 0 bridgehead atoms. The smallest absolute Gasteiger partial charge is 0.0640 e. The molecule has 0 radical (unpaired) electrons. The molecule has 0 aromatic heterocycles. The molecule has 86 valence electrons. The summed E-state index contributed by atoms with van der Waals surface area (Å²) in [6, 6.07) is 8.45. The Morgan fingerprint density at radius 3 is 2.69 bits per heavy atom. The molecule has 0 saturated heterocycles. The number of alkyl halides is 1. The number of rotatable bonds is 5. The molecule has 0 unspecified atom stereocenters. The van der Waals surface area contributed by atoms with Crippen molar-refractivity contribution in [3.63, 3.8) is 0 Å². The van der Waals surface area contributed by atoms with Crippen molar-refractivity contribution in [2.24, 2.45) is 0 Å². The van der Waals surface area contributed by atoms with Gasteiger partial charge in [-0.3, -0.25) is 0 Å². The average Bonchev–Trinajstić information content (AvgIpc) is 2.30. The van der Waals surface area contributed by atoms with Gasteiger partial charge in [-0.25, -0.2) is 0 Å². The second kappa shape index (κ2) is 6.40. The van der Waals surface area contributed by atoms with E-state index in [-0.39, 0.29) is 0 Å². The number of hydrogen-bond acceptors (Lipinski definition) is 2. The van der Waals surface area contributed by atoms with Gasteiger partial charge in [0.25, 0.3) is 0 Å². The molecule has 0 fully saturated rings. The molecule has 0 aliphatic carbocycles. The molecule has 0 atom stereocenters. The quantitative estimate of drug-likeness (QED) is 0.732. The molecule has 16 heavy (non-hydrogen) atoms. The van der Waals surface area contributed by atoms with Crippen LogP contribution in [0.4, 0.5) is 5.69 Å². The topological polar surface area (TPSA) is 27.0 Å². The summed E-state index contributed by atoms with van der Waals surface area (Å²) in [4.78, 5) is 2.20. The Morgan fingerprint density at radius 1 is 1.44 bits per heavy atom. The number of aryl methyl sites for hydroxylation is 1. The van der Waals surface area contributed by atoms with Crippen molar-refractivity contribution in [1.82, 2.24) is 0 Å². The van der Waals surface area contributed by atoms with Gasteiger partial charge in [0.15, 0.2) is 0 Å². The Hall–Kier alpha value is -1.20. The minimum Gasteiger partial charge on any atom is -0.371 e. The SMILES string of the molecule is CCN(CCC#N)c1ccc(CCl)c(C)c1. The lowest BCUT2D eigenvalue weighted by Gasteiger charge is -2.22. The van der Waals surface area contributed by atoms with Gasteiger partial charge in [0, 0.05) is 24.7 Å². The fourth-order valence-corrected chi connectivity index (χ4v) is 1.98. The highest BCUT2D eigenvalue weighted by molar-refractivity contribution is 6.17. The molecular weight excluding hydrogens is 220 g/mol. The Morgan fingerprint density at radius 2 is 2.19 bits per heavy atom. The molecule has 0 heterocycles. The van der Waals surface area contributed by atoms with Gasteiger partial charge in [0.2, 0.25) is 0 Å². The summed E-state index contributed by atoms with van der Waals surface area (Å²) in [5.74, 6) is 0.552. The first-order valence-corrected chi connectivity index (χ1v) is 6.03. The van der Waals surface area contributed by atoms with Crippen molar-refractivity contribution < 1.29 is 0 Å². The third-order valence-corrected chi connectivity index (χ3v) is 3.00. The molecule has 0 aliphatic heterocycles. The molecule has 0 spiro atoms. The molecule has 0 saturated carbocycles. The van der Waals surface area contributed by atoms with Crippen LogP contribution < -0.4 is 4.90 Å². The van der Waals surface area contributed by atoms with E-state index < -0.39 is 0 Å². The second-order valence-corrected chi connectivity index (χ2v) is 4.00. The molecule has 1 rings (SSSR count). The normalized spacial score (nSPS) is 9.88. The van der Waals surface area contributed by atoms with Crippen LogP contribution in [0.25, 0.3) is 0 Å². The van der Waals surface area contributed by atoms with Crippen LogP contribution in [-0.4, -0.2) is 13.1 Å². The Bertz CT molecular complexity index is 382. The zero-order valence-corrected chi connectivity index (χ0v) is 10.6. The van der Waals surface area contributed by atoms with Crippen LogP contribution in [0.5, 0.6) is 0 Å². The first-order valence-electron chi connectivity index (χ1n) is 5.50. The van der Waals surface area contributed by atoms with E-state index in [1.165, 1.54) is 16.8 Å². The van der Waals surface area contributed by atoms with Gasteiger partial charge < -0.3 is 4.90 Å². The predicted octanol–water partition coefficient (Wildman–Crippen LogP) is 3.47. The van der Waals surface area contributed by atoms with Gasteiger partial charge in [0.1, 0.15) is 0 Å². The summed E-state index contributed by atoms with van der Waals surface area (Å²) in [6.45, 7) is 5.87. The van der Waals surface area contributed by atoms with E-state index in [1.807, 2.05) is 0 Å². The summed E-state index contributed by atoms with van der Waals surface area (Å²) in [5.41, 5.74) is 3.55. The highest BCUT2D eigenvalue weighted by atomic mass is 35.5. The van der Waals surface area contributed by atoms with Gasteiger partial charge in [0.05, 0.1) is 12.5 Å². The van der Waals surface area contributed by atoms with Crippen molar-refractivity contribution >= 4 is 17.3 Å². The maximum absolute atomic E-state index is 8.60. The first-order chi connectivity index (χ1) is 7.72. The maximum Gasteiger partial charge on any atom is 0.0640 e. The molecule has 1 aromatic rings. The van der Waals surface area contributed by atoms with E-state index in [9.17, 15) is 0 Å². The van der Waals surface area contributed by atoms with E-state index in [4.69, 9.17) is 16.9 Å². The number of nitrogens with zero attached hydrogens (tertiary/aromatic N) is 2. The molecule has 2 nitrogen and oxygen atoms in total. The Balaban J connectivity index is 2.85. The fourth-order valence-electron chi connectivity index (χ4n) is 1.68. The predicted molar refractivity (Wildman–Crippen MR) is 68.9 cm³/mol. The van der Waals surface area contributed by atoms with Gasteiger partial charge in [-0.2, -0.15) is 5.26 Å². The lowest BCUT2D eigenvalue weighted by Crippen LogP contribution is -2.23. The first kappa shape index (κ1) is 12.9. The molecule has 3 heteroatoms. The summed E-state index contributed by atoms with van der Waals surface area (Å²) >= 11 is 5.82. The summed E-state index contributed by atoms with van der Waals surface area (Å²) < 4.78 is 0. The molecular formula is C13H17ClN2. The molecule has 0 N–H and O–H groups in total. The minimum atomic E-state index is 0.552. The Kier molecular flexibility index (Phi) is 5.14. The van der Waals surface area contributed by atoms with Crippen LogP contribution in [0, 0.1) is 18.3 Å². The van der Waals surface area contributed by atoms with Gasteiger partial charge in [-0.1, -0.05) is 6.07 Å². The van der Waals surface area contributed by atoms with E-state index >= 15 is 0 Å². The van der Waals surface area contributed by atoms with Crippen LogP contribution in [0.2, 0.25) is 0 Å². The standard InChI is InChI=1S/C13H17ClN2/c1-3-16(8-4-7-15)13-6-5-12(10-14)11(2)9-13/h5-6,9H,3-4,8,10H2,1-2H3. The lowest BCUT2D eigenvalue weighted by atomic mass is 10.1. The highest BCUT2D eigenvalue weighted by Gasteiger charge is 2.05. The molecule has 0 amide bonds. The summed E-state index contributed by atoms with van der Waals surface area (Å²) in [5, 5.41) is 8.60. The highest BCUT2D eigenvalue weighted by Crippen LogP contribution is 2.20. The third-order valence-electron chi connectivity index (χ3n) is 2.71. The van der Waals surface area contributed by atoms with E-state index in [2.05, 4.69) is 43.0 Å². The van der Waals surface area contributed by atoms with E-state index in [0.29, 0.717) is 12.3 Å². The minimum absolute atomic E-state index is 0.552. The lowest BCUT2D eigenvalue weighted by molar-refractivity contribution is 0.826. The van der Waals surface area contributed by atoms with Crippen molar-refractivity contribution in [1.29, 1.82) is 5.26 Å². The number of benzene rings is 1. The van der Waals surface area contributed by atoms with Crippen molar-refractivity contribution in [3.8, 4) is 6.07 Å². The van der Waals surface area contributed by atoms with Crippen LogP contribution in [0.1, 0.15) is 24.5 Å². The monoisotopic (exact) mass is 236 g/mol. The van der Waals surface area contributed by atoms with Crippen molar-refractivity contribution in [2.75, 3.05) is 18.0 Å². The molecule has 0 aliphatic rings. The number of hydrogen-bond donors (Lipinski definition) is 0. The summed E-state index contributed by atoms with van der Waals surface area (Å²) in [6.07, 6.45) is 0.560. The second-order valence-electron chi connectivity index (χ2n) is 3.73. The van der Waals surface area contributed by atoms with Crippen LogP contribution in [0.15, 0.2) is 18.2 Å². The van der Waals surface area contributed by atoms with Gasteiger partial charge in [-0.05, 0) is 37.1 Å². The van der Waals surface area contributed by atoms with Crippen LogP contribution in [-0.2, 0) is 5.88 Å². The summed E-state index contributed by atoms with van der Waals surface area (Å²) in [7, 11) is 0. The zero-order chi connectivity index (χ0) is 12.0. The van der Waals surface area contributed by atoms with E-state index in [1.54, 1.807) is 0 Å². The number of halogens is 1. The van der Waals surface area contributed by atoms with Gasteiger partial charge >= 0.3 is 0 Å². The van der Waals surface area contributed by atoms with Crippen molar-refractivity contribution in [3.05, 3.63) is 29.3 Å². The van der Waals surface area contributed by atoms with Crippen LogP contribution >= 0.6 is 11.6 Å². The molecule has 1 aromatic carbocycles. The van der Waals surface area contributed by atoms with Crippen LogP contribution in [0.3, 0.4) is 0 Å². The number of anilines is 1. The third kappa shape index (κ3) is 3.15. The zero-order valence-electron chi connectivity index (χ0n) is 9.83. The largest absolute Gasteiger partial charge is 0.371 e. The van der Waals surface area contributed by atoms with E-state index in [0.717, 1.165) is 13.1 Å². The maximum atomic E-state index is 8.60. The van der Waals surface area contributed by atoms with Crippen molar-refractivity contribution in [2.45, 2.75) is 26.1 Å². The Labute approximate surface area is 102 Å². The van der Waals surface area contributed by atoms with Gasteiger partial charge in [-0.15, -0.1) is 11.6 Å².